The van der Waals surface area contributed by atoms with Gasteiger partial charge in [0.1, 0.15) is 11.6 Å². The van der Waals surface area contributed by atoms with Crippen LogP contribution in [0.2, 0.25) is 0 Å². The first-order chi connectivity index (χ1) is 9.51. The Bertz CT molecular complexity index is 457. The third-order valence-corrected chi connectivity index (χ3v) is 2.52. The van der Waals surface area contributed by atoms with Crippen molar-refractivity contribution in [2.24, 2.45) is 0 Å². The zero-order valence-electron chi connectivity index (χ0n) is 11.2. The van der Waals surface area contributed by atoms with Gasteiger partial charge in [-0.1, -0.05) is 0 Å². The average Bonchev–Trinajstić information content (AvgIpc) is 2.35. The Balaban J connectivity index is 2.26. The van der Waals surface area contributed by atoms with Gasteiger partial charge in [-0.05, 0) is 31.0 Å². The minimum atomic E-state index is -0.645. The highest BCUT2D eigenvalue weighted by Crippen LogP contribution is 2.08. The number of halogens is 2. The molecule has 0 bridgehead atoms. The number of esters is 1. The highest BCUT2D eigenvalue weighted by atomic mass is 19.1. The molecule has 6 heteroatoms. The van der Waals surface area contributed by atoms with Crippen LogP contribution in [0.5, 0.6) is 0 Å². The summed E-state index contributed by atoms with van der Waals surface area (Å²) in [5.74, 6) is -2.01. The Labute approximate surface area is 116 Å². The minimum absolute atomic E-state index is 0.0221. The lowest BCUT2D eigenvalue weighted by Crippen LogP contribution is -2.26. The number of ether oxygens (including phenoxy) is 1. The van der Waals surface area contributed by atoms with Crippen LogP contribution in [0.1, 0.15) is 25.3 Å². The van der Waals surface area contributed by atoms with Crippen LogP contribution in [-0.2, 0) is 20.7 Å². The molecule has 1 aromatic rings. The first-order valence-electron chi connectivity index (χ1n) is 6.38. The van der Waals surface area contributed by atoms with Gasteiger partial charge in [0.25, 0.3) is 0 Å². The van der Waals surface area contributed by atoms with E-state index in [0.29, 0.717) is 12.0 Å². The standard InChI is InChI=1S/C14H17F2NO3/c1-2-20-14(19)4-3-13(18)17-6-5-10-7-11(15)9-12(16)8-10/h7-9H,2-6H2,1H3,(H,17,18). The van der Waals surface area contributed by atoms with Crippen molar-refractivity contribution in [2.45, 2.75) is 26.2 Å². The monoisotopic (exact) mass is 285 g/mol. The summed E-state index contributed by atoms with van der Waals surface area (Å²) >= 11 is 0. The number of amides is 1. The summed E-state index contributed by atoms with van der Waals surface area (Å²) in [5.41, 5.74) is 0.466. The molecule has 0 aromatic heterocycles. The Kier molecular flexibility index (Phi) is 6.63. The number of nitrogens with one attached hydrogen (secondary N) is 1. The van der Waals surface area contributed by atoms with Crippen molar-refractivity contribution in [1.82, 2.24) is 5.32 Å². The van der Waals surface area contributed by atoms with Gasteiger partial charge in [0.15, 0.2) is 0 Å². The number of hydrogen-bond acceptors (Lipinski definition) is 3. The molecule has 1 aromatic carbocycles. The molecule has 4 nitrogen and oxygen atoms in total. The van der Waals surface area contributed by atoms with Crippen LogP contribution >= 0.6 is 0 Å². The van der Waals surface area contributed by atoms with Crippen molar-refractivity contribution in [2.75, 3.05) is 13.2 Å². The fourth-order valence-electron chi connectivity index (χ4n) is 1.64. The summed E-state index contributed by atoms with van der Waals surface area (Å²) in [6.45, 7) is 2.23. The fourth-order valence-corrected chi connectivity index (χ4v) is 1.64. The molecule has 0 unspecified atom stereocenters. The molecular formula is C14H17F2NO3. The Morgan fingerprint density at radius 2 is 1.80 bits per heavy atom. The van der Waals surface area contributed by atoms with E-state index < -0.39 is 17.6 Å². The Morgan fingerprint density at radius 3 is 2.40 bits per heavy atom. The van der Waals surface area contributed by atoms with E-state index in [4.69, 9.17) is 4.74 Å². The molecular weight excluding hydrogens is 268 g/mol. The fraction of sp³-hybridized carbons (Fsp3) is 0.429. The second-order valence-corrected chi connectivity index (χ2v) is 4.18. The normalized spacial score (nSPS) is 10.2. The molecule has 0 radical (unpaired) electrons. The SMILES string of the molecule is CCOC(=O)CCC(=O)NCCc1cc(F)cc(F)c1. The molecule has 0 heterocycles. The summed E-state index contributed by atoms with van der Waals surface area (Å²) in [6, 6.07) is 3.23. The van der Waals surface area contributed by atoms with Crippen LogP contribution in [0.4, 0.5) is 8.78 Å². The number of benzene rings is 1. The topological polar surface area (TPSA) is 55.4 Å². The van der Waals surface area contributed by atoms with E-state index in [1.165, 1.54) is 12.1 Å². The third-order valence-electron chi connectivity index (χ3n) is 2.52. The van der Waals surface area contributed by atoms with Gasteiger partial charge >= 0.3 is 5.97 Å². The maximum atomic E-state index is 12.9. The zero-order chi connectivity index (χ0) is 15.0. The molecule has 0 aliphatic carbocycles. The number of hydrogen-bond donors (Lipinski definition) is 1. The minimum Gasteiger partial charge on any atom is -0.466 e. The molecule has 20 heavy (non-hydrogen) atoms. The van der Waals surface area contributed by atoms with E-state index in [9.17, 15) is 18.4 Å². The first-order valence-corrected chi connectivity index (χ1v) is 6.38. The van der Waals surface area contributed by atoms with E-state index in [0.717, 1.165) is 6.07 Å². The summed E-state index contributed by atoms with van der Waals surface area (Å²) in [6.07, 6.45) is 0.379. The molecule has 0 spiro atoms. The van der Waals surface area contributed by atoms with E-state index in [1.807, 2.05) is 0 Å². The van der Waals surface area contributed by atoms with Gasteiger partial charge in [-0.25, -0.2) is 8.78 Å². The molecule has 0 aliphatic heterocycles. The van der Waals surface area contributed by atoms with Gasteiger partial charge in [-0.2, -0.15) is 0 Å². The van der Waals surface area contributed by atoms with Crippen LogP contribution in [0.15, 0.2) is 18.2 Å². The van der Waals surface area contributed by atoms with Crippen molar-refractivity contribution >= 4 is 11.9 Å². The molecule has 0 aliphatic rings. The van der Waals surface area contributed by atoms with Crippen molar-refractivity contribution in [1.29, 1.82) is 0 Å². The smallest absolute Gasteiger partial charge is 0.306 e. The number of rotatable bonds is 7. The lowest BCUT2D eigenvalue weighted by molar-refractivity contribution is -0.144. The van der Waals surface area contributed by atoms with Crippen LogP contribution in [0.25, 0.3) is 0 Å². The average molecular weight is 285 g/mol. The first kappa shape index (κ1) is 16.1. The van der Waals surface area contributed by atoms with Crippen molar-refractivity contribution in [3.8, 4) is 0 Å². The Hall–Kier alpha value is -1.98. The predicted molar refractivity (Wildman–Crippen MR) is 68.9 cm³/mol. The molecule has 0 fully saturated rings. The molecule has 1 rings (SSSR count). The van der Waals surface area contributed by atoms with E-state index in [2.05, 4.69) is 5.32 Å². The lowest BCUT2D eigenvalue weighted by atomic mass is 10.1. The summed E-state index contributed by atoms with van der Waals surface area (Å²) in [7, 11) is 0. The quantitative estimate of drug-likeness (QED) is 0.779. The molecule has 0 atom stereocenters. The van der Waals surface area contributed by atoms with Gasteiger partial charge in [0, 0.05) is 19.0 Å². The van der Waals surface area contributed by atoms with Crippen molar-refractivity contribution in [3.63, 3.8) is 0 Å². The van der Waals surface area contributed by atoms with Crippen LogP contribution in [-0.4, -0.2) is 25.0 Å². The van der Waals surface area contributed by atoms with Crippen LogP contribution < -0.4 is 5.32 Å². The second kappa shape index (κ2) is 8.24. The maximum absolute atomic E-state index is 12.9. The highest BCUT2D eigenvalue weighted by molar-refractivity contribution is 5.81. The molecule has 0 saturated carbocycles. The molecule has 1 N–H and O–H groups in total. The predicted octanol–water partition coefficient (Wildman–Crippen LogP) is 1.97. The van der Waals surface area contributed by atoms with E-state index >= 15 is 0 Å². The van der Waals surface area contributed by atoms with Gasteiger partial charge in [-0.3, -0.25) is 9.59 Å². The summed E-state index contributed by atoms with van der Waals surface area (Å²) in [4.78, 5) is 22.4. The van der Waals surface area contributed by atoms with Crippen LogP contribution in [0.3, 0.4) is 0 Å². The summed E-state index contributed by atoms with van der Waals surface area (Å²) < 4.78 is 30.5. The third kappa shape index (κ3) is 6.26. The van der Waals surface area contributed by atoms with Crippen molar-refractivity contribution < 1.29 is 23.1 Å². The lowest BCUT2D eigenvalue weighted by Gasteiger charge is -2.06. The van der Waals surface area contributed by atoms with Gasteiger partial charge in [0.2, 0.25) is 5.91 Å². The summed E-state index contributed by atoms with van der Waals surface area (Å²) in [5, 5.41) is 2.58. The van der Waals surface area contributed by atoms with E-state index in [-0.39, 0.29) is 31.9 Å². The van der Waals surface area contributed by atoms with Gasteiger partial charge in [-0.15, -0.1) is 0 Å². The van der Waals surface area contributed by atoms with Crippen LogP contribution in [0, 0.1) is 11.6 Å². The highest BCUT2D eigenvalue weighted by Gasteiger charge is 2.07. The zero-order valence-corrected chi connectivity index (χ0v) is 11.2. The molecule has 0 saturated heterocycles. The van der Waals surface area contributed by atoms with Crippen molar-refractivity contribution in [3.05, 3.63) is 35.4 Å². The Morgan fingerprint density at radius 1 is 1.15 bits per heavy atom. The number of carbonyl (C=O) groups excluding carboxylic acids is 2. The maximum Gasteiger partial charge on any atom is 0.306 e. The molecule has 1 amide bonds. The molecule has 110 valence electrons. The largest absolute Gasteiger partial charge is 0.466 e. The second-order valence-electron chi connectivity index (χ2n) is 4.18. The number of carbonyl (C=O) groups is 2. The van der Waals surface area contributed by atoms with E-state index in [1.54, 1.807) is 6.92 Å². The van der Waals surface area contributed by atoms with Gasteiger partial charge < -0.3 is 10.1 Å². The van der Waals surface area contributed by atoms with Gasteiger partial charge in [0.05, 0.1) is 13.0 Å².